The van der Waals surface area contributed by atoms with Crippen LogP contribution in [0, 0.1) is 5.92 Å². The summed E-state index contributed by atoms with van der Waals surface area (Å²) in [6.07, 6.45) is 3.18. The average Bonchev–Trinajstić information content (AvgIpc) is 2.47. The SMILES string of the molecule is CC(C)n1cncc1C(O)C1CNC1. The number of aliphatic hydroxyl groups is 1. The fraction of sp³-hybridized carbons (Fsp3) is 0.700. The van der Waals surface area contributed by atoms with Crippen molar-refractivity contribution in [3.05, 3.63) is 18.2 Å². The highest BCUT2D eigenvalue weighted by Crippen LogP contribution is 2.26. The highest BCUT2D eigenvalue weighted by atomic mass is 16.3. The fourth-order valence-corrected chi connectivity index (χ4v) is 1.75. The third-order valence-corrected chi connectivity index (χ3v) is 2.81. The second-order valence-corrected chi connectivity index (χ2v) is 4.18. The van der Waals surface area contributed by atoms with Gasteiger partial charge in [-0.25, -0.2) is 4.98 Å². The summed E-state index contributed by atoms with van der Waals surface area (Å²) in [6, 6.07) is 0.357. The lowest BCUT2D eigenvalue weighted by atomic mass is 9.94. The molecule has 2 heterocycles. The molecule has 2 rings (SSSR count). The molecule has 1 unspecified atom stereocenters. The molecule has 1 saturated heterocycles. The molecule has 1 atom stereocenters. The molecule has 1 aliphatic rings. The molecule has 0 aliphatic carbocycles. The number of rotatable bonds is 3. The van der Waals surface area contributed by atoms with E-state index >= 15 is 0 Å². The monoisotopic (exact) mass is 195 g/mol. The van der Waals surface area contributed by atoms with Crippen LogP contribution < -0.4 is 5.32 Å². The van der Waals surface area contributed by atoms with E-state index in [1.54, 1.807) is 12.5 Å². The van der Waals surface area contributed by atoms with Gasteiger partial charge in [0.25, 0.3) is 0 Å². The smallest absolute Gasteiger partial charge is 0.101 e. The van der Waals surface area contributed by atoms with Gasteiger partial charge in [0.1, 0.15) is 6.10 Å². The minimum absolute atomic E-state index is 0.351. The maximum absolute atomic E-state index is 10.1. The van der Waals surface area contributed by atoms with Gasteiger partial charge in [-0.3, -0.25) is 0 Å². The Labute approximate surface area is 84.0 Å². The van der Waals surface area contributed by atoms with E-state index in [1.165, 1.54) is 0 Å². The molecule has 0 amide bonds. The van der Waals surface area contributed by atoms with Crippen LogP contribution in [0.3, 0.4) is 0 Å². The first kappa shape index (κ1) is 9.68. The van der Waals surface area contributed by atoms with E-state index in [0.717, 1.165) is 18.8 Å². The molecule has 2 N–H and O–H groups in total. The van der Waals surface area contributed by atoms with E-state index < -0.39 is 0 Å². The zero-order valence-corrected chi connectivity index (χ0v) is 8.64. The van der Waals surface area contributed by atoms with Crippen LogP contribution >= 0.6 is 0 Å². The number of hydrogen-bond acceptors (Lipinski definition) is 3. The van der Waals surface area contributed by atoms with Crippen LogP contribution in [0.1, 0.15) is 31.7 Å². The fourth-order valence-electron chi connectivity index (χ4n) is 1.75. The first-order valence-corrected chi connectivity index (χ1v) is 5.10. The number of aliphatic hydroxyl groups excluding tert-OH is 1. The Morgan fingerprint density at radius 3 is 2.79 bits per heavy atom. The standard InChI is InChI=1S/C10H17N3O/c1-7(2)13-6-12-5-9(13)10(14)8-3-11-4-8/h5-8,10-11,14H,3-4H2,1-2H3. The van der Waals surface area contributed by atoms with E-state index in [4.69, 9.17) is 0 Å². The Morgan fingerprint density at radius 2 is 2.29 bits per heavy atom. The maximum atomic E-state index is 10.1. The van der Waals surface area contributed by atoms with Gasteiger partial charge in [-0.05, 0) is 13.8 Å². The summed E-state index contributed by atoms with van der Waals surface area (Å²) in [7, 11) is 0. The van der Waals surface area contributed by atoms with Gasteiger partial charge in [0.05, 0.1) is 18.2 Å². The predicted octanol–water partition coefficient (Wildman–Crippen LogP) is 0.717. The maximum Gasteiger partial charge on any atom is 0.101 e. The number of nitrogens with one attached hydrogen (secondary N) is 1. The molecule has 0 saturated carbocycles. The summed E-state index contributed by atoms with van der Waals surface area (Å²) in [5, 5.41) is 13.2. The minimum atomic E-state index is -0.374. The second-order valence-electron chi connectivity index (χ2n) is 4.18. The lowest BCUT2D eigenvalue weighted by molar-refractivity contribution is 0.0691. The van der Waals surface area contributed by atoms with Gasteiger partial charge in [0, 0.05) is 25.0 Å². The van der Waals surface area contributed by atoms with Gasteiger partial charge in [0.15, 0.2) is 0 Å². The highest BCUT2D eigenvalue weighted by molar-refractivity contribution is 5.07. The van der Waals surface area contributed by atoms with E-state index in [-0.39, 0.29) is 6.10 Å². The molecule has 4 heteroatoms. The zero-order valence-electron chi connectivity index (χ0n) is 8.64. The van der Waals surface area contributed by atoms with Crippen LogP contribution in [0.15, 0.2) is 12.5 Å². The Bertz CT molecular complexity index is 304. The molecule has 4 nitrogen and oxygen atoms in total. The van der Waals surface area contributed by atoms with Crippen molar-refractivity contribution in [3.63, 3.8) is 0 Å². The number of nitrogens with zero attached hydrogens (tertiary/aromatic N) is 2. The lowest BCUT2D eigenvalue weighted by Gasteiger charge is -2.32. The first-order valence-electron chi connectivity index (χ1n) is 5.10. The zero-order chi connectivity index (χ0) is 10.1. The van der Waals surface area contributed by atoms with E-state index in [1.807, 2.05) is 4.57 Å². The summed E-state index contributed by atoms with van der Waals surface area (Å²) >= 11 is 0. The predicted molar refractivity (Wildman–Crippen MR) is 53.9 cm³/mol. The van der Waals surface area contributed by atoms with Crippen molar-refractivity contribution >= 4 is 0 Å². The third-order valence-electron chi connectivity index (χ3n) is 2.81. The molecule has 0 radical (unpaired) electrons. The van der Waals surface area contributed by atoms with Crippen molar-refractivity contribution in [1.29, 1.82) is 0 Å². The van der Waals surface area contributed by atoms with Gasteiger partial charge in [-0.15, -0.1) is 0 Å². The van der Waals surface area contributed by atoms with Gasteiger partial charge in [-0.1, -0.05) is 0 Å². The molecule has 0 spiro atoms. The second kappa shape index (κ2) is 3.71. The number of hydrogen-bond donors (Lipinski definition) is 2. The molecule has 0 bridgehead atoms. The van der Waals surface area contributed by atoms with Crippen LogP contribution in [0.4, 0.5) is 0 Å². The Morgan fingerprint density at radius 1 is 1.57 bits per heavy atom. The van der Waals surface area contributed by atoms with Crippen LogP contribution in [0.2, 0.25) is 0 Å². The van der Waals surface area contributed by atoms with Crippen molar-refractivity contribution < 1.29 is 5.11 Å². The van der Waals surface area contributed by atoms with Crippen LogP contribution in [-0.2, 0) is 0 Å². The normalized spacial score (nSPS) is 19.7. The number of aromatic nitrogens is 2. The quantitative estimate of drug-likeness (QED) is 0.747. The molecule has 1 fully saturated rings. The number of imidazole rings is 1. The summed E-state index contributed by atoms with van der Waals surface area (Å²) in [5.74, 6) is 0.351. The Hall–Kier alpha value is -0.870. The van der Waals surface area contributed by atoms with E-state index in [2.05, 4.69) is 24.1 Å². The van der Waals surface area contributed by atoms with Crippen molar-refractivity contribution in [2.75, 3.05) is 13.1 Å². The van der Waals surface area contributed by atoms with Gasteiger partial charge in [-0.2, -0.15) is 0 Å². The molecule has 0 aromatic carbocycles. The van der Waals surface area contributed by atoms with Crippen molar-refractivity contribution in [2.24, 2.45) is 5.92 Å². The average molecular weight is 195 g/mol. The molecular formula is C10H17N3O. The van der Waals surface area contributed by atoms with E-state index in [9.17, 15) is 5.11 Å². The van der Waals surface area contributed by atoms with Crippen molar-refractivity contribution in [2.45, 2.75) is 26.0 Å². The van der Waals surface area contributed by atoms with Gasteiger partial charge < -0.3 is 15.0 Å². The van der Waals surface area contributed by atoms with Crippen molar-refractivity contribution in [3.8, 4) is 0 Å². The molecule has 14 heavy (non-hydrogen) atoms. The van der Waals surface area contributed by atoms with Crippen LogP contribution in [-0.4, -0.2) is 27.7 Å². The van der Waals surface area contributed by atoms with Crippen LogP contribution in [0.25, 0.3) is 0 Å². The molecule has 1 aromatic rings. The lowest BCUT2D eigenvalue weighted by Crippen LogP contribution is -2.45. The molecule has 1 aliphatic heterocycles. The molecule has 1 aromatic heterocycles. The highest BCUT2D eigenvalue weighted by Gasteiger charge is 2.28. The molecular weight excluding hydrogens is 178 g/mol. The first-order chi connectivity index (χ1) is 6.70. The largest absolute Gasteiger partial charge is 0.386 e. The summed E-state index contributed by atoms with van der Waals surface area (Å²) in [5.41, 5.74) is 0.937. The minimum Gasteiger partial charge on any atom is -0.386 e. The summed E-state index contributed by atoms with van der Waals surface area (Å²) in [4.78, 5) is 4.09. The van der Waals surface area contributed by atoms with Gasteiger partial charge in [0.2, 0.25) is 0 Å². The summed E-state index contributed by atoms with van der Waals surface area (Å²) in [6.45, 7) is 6.00. The Kier molecular flexibility index (Phi) is 2.56. The van der Waals surface area contributed by atoms with Crippen LogP contribution in [0.5, 0.6) is 0 Å². The Balaban J connectivity index is 2.17. The van der Waals surface area contributed by atoms with Gasteiger partial charge >= 0.3 is 0 Å². The molecule has 78 valence electrons. The van der Waals surface area contributed by atoms with E-state index in [0.29, 0.717) is 12.0 Å². The topological polar surface area (TPSA) is 50.1 Å². The van der Waals surface area contributed by atoms with Crippen molar-refractivity contribution in [1.82, 2.24) is 14.9 Å². The third kappa shape index (κ3) is 1.55. The summed E-state index contributed by atoms with van der Waals surface area (Å²) < 4.78 is 2.03.